The Morgan fingerprint density at radius 2 is 2.06 bits per heavy atom. The minimum Gasteiger partial charge on any atom is -0.380 e. The molecule has 1 aliphatic rings. The van der Waals surface area contributed by atoms with Gasteiger partial charge in [0.1, 0.15) is 5.82 Å². The Morgan fingerprint density at radius 3 is 2.71 bits per heavy atom. The molecule has 1 fully saturated rings. The Balaban J connectivity index is 0.00000144. The van der Waals surface area contributed by atoms with E-state index < -0.39 is 0 Å². The largest absolute Gasteiger partial charge is 0.380 e. The zero-order valence-corrected chi connectivity index (χ0v) is 10.8. The highest BCUT2D eigenvalue weighted by Crippen LogP contribution is 2.20. The number of hydrogen-bond acceptors (Lipinski definition) is 2. The van der Waals surface area contributed by atoms with Crippen LogP contribution in [0.5, 0.6) is 0 Å². The minimum absolute atomic E-state index is 0. The smallest absolute Gasteiger partial charge is 0.123 e. The van der Waals surface area contributed by atoms with E-state index in [-0.39, 0.29) is 24.3 Å². The van der Waals surface area contributed by atoms with E-state index in [9.17, 15) is 4.39 Å². The van der Waals surface area contributed by atoms with Gasteiger partial charge >= 0.3 is 0 Å². The van der Waals surface area contributed by atoms with Gasteiger partial charge in [0.15, 0.2) is 0 Å². The van der Waals surface area contributed by atoms with Crippen LogP contribution < -0.4 is 5.32 Å². The molecule has 0 unspecified atom stereocenters. The van der Waals surface area contributed by atoms with Crippen LogP contribution in [0.25, 0.3) is 0 Å². The van der Waals surface area contributed by atoms with Crippen LogP contribution in [0.1, 0.15) is 12.0 Å². The summed E-state index contributed by atoms with van der Waals surface area (Å²) in [5.41, 5.74) is 1.19. The lowest BCUT2D eigenvalue weighted by atomic mass is 9.88. The van der Waals surface area contributed by atoms with Crippen LogP contribution >= 0.6 is 12.4 Å². The number of methoxy groups -OCH3 is 1. The molecule has 2 nitrogen and oxygen atoms in total. The van der Waals surface area contributed by atoms with E-state index in [1.54, 1.807) is 7.11 Å². The van der Waals surface area contributed by atoms with Crippen LogP contribution in [0.15, 0.2) is 24.3 Å². The number of rotatable bonds is 3. The molecular weight excluding hydrogens is 241 g/mol. The first-order valence-corrected chi connectivity index (χ1v) is 5.77. The Hall–Kier alpha value is -0.640. The SMILES string of the molecule is CO[C@H]1CNCC[C@@H]1Cc1ccc(F)cc1.Cl. The summed E-state index contributed by atoms with van der Waals surface area (Å²) in [5.74, 6) is 0.370. The first-order chi connectivity index (χ1) is 7.79. The molecule has 0 bridgehead atoms. The molecule has 1 N–H and O–H groups in total. The number of halogens is 2. The lowest BCUT2D eigenvalue weighted by molar-refractivity contribution is 0.0341. The third kappa shape index (κ3) is 3.95. The van der Waals surface area contributed by atoms with Gasteiger partial charge < -0.3 is 10.1 Å². The van der Waals surface area contributed by atoms with Gasteiger partial charge in [-0.3, -0.25) is 0 Å². The maximum Gasteiger partial charge on any atom is 0.123 e. The Kier molecular flexibility index (Phi) is 5.89. The normalized spacial score (nSPS) is 24.1. The zero-order valence-electron chi connectivity index (χ0n) is 9.99. The summed E-state index contributed by atoms with van der Waals surface area (Å²) < 4.78 is 18.2. The summed E-state index contributed by atoms with van der Waals surface area (Å²) >= 11 is 0. The summed E-state index contributed by atoms with van der Waals surface area (Å²) in [6.45, 7) is 1.97. The molecule has 17 heavy (non-hydrogen) atoms. The van der Waals surface area contributed by atoms with Gasteiger partial charge in [-0.2, -0.15) is 0 Å². The number of nitrogens with one attached hydrogen (secondary N) is 1. The molecule has 1 aromatic carbocycles. The molecule has 0 saturated carbocycles. The van der Waals surface area contributed by atoms with Gasteiger partial charge in [0.05, 0.1) is 6.10 Å². The van der Waals surface area contributed by atoms with E-state index in [0.717, 1.165) is 25.9 Å². The molecule has 2 atom stereocenters. The number of piperidine rings is 1. The van der Waals surface area contributed by atoms with E-state index in [2.05, 4.69) is 5.32 Å². The quantitative estimate of drug-likeness (QED) is 0.900. The molecule has 1 heterocycles. The lowest BCUT2D eigenvalue weighted by Gasteiger charge is -2.31. The standard InChI is InChI=1S/C13H18FNO.ClH/c1-16-13-9-15-7-6-11(13)8-10-2-4-12(14)5-3-10;/h2-5,11,13,15H,6-9H2,1H3;1H/t11-,13+;/m1./s1. The van der Waals surface area contributed by atoms with Crippen molar-refractivity contribution >= 4 is 12.4 Å². The first kappa shape index (κ1) is 14.4. The Morgan fingerprint density at radius 1 is 1.35 bits per heavy atom. The predicted molar refractivity (Wildman–Crippen MR) is 69.1 cm³/mol. The van der Waals surface area contributed by atoms with Crippen LogP contribution in [0, 0.1) is 11.7 Å². The van der Waals surface area contributed by atoms with E-state index in [1.807, 2.05) is 12.1 Å². The van der Waals surface area contributed by atoms with Gasteiger partial charge in [0.25, 0.3) is 0 Å². The Bertz CT molecular complexity index is 331. The second kappa shape index (κ2) is 6.94. The van der Waals surface area contributed by atoms with Crippen molar-refractivity contribution in [2.75, 3.05) is 20.2 Å². The average molecular weight is 260 g/mol. The van der Waals surface area contributed by atoms with Crippen molar-refractivity contribution in [1.82, 2.24) is 5.32 Å². The summed E-state index contributed by atoms with van der Waals surface area (Å²) in [4.78, 5) is 0. The zero-order chi connectivity index (χ0) is 11.4. The van der Waals surface area contributed by atoms with Gasteiger partial charge in [-0.15, -0.1) is 12.4 Å². The molecule has 1 aliphatic heterocycles. The van der Waals surface area contributed by atoms with Crippen LogP contribution in [0.3, 0.4) is 0 Å². The van der Waals surface area contributed by atoms with Gasteiger partial charge in [-0.05, 0) is 43.0 Å². The van der Waals surface area contributed by atoms with E-state index in [4.69, 9.17) is 4.74 Å². The van der Waals surface area contributed by atoms with Gasteiger partial charge in [0.2, 0.25) is 0 Å². The van der Waals surface area contributed by atoms with Crippen molar-refractivity contribution in [3.05, 3.63) is 35.6 Å². The fourth-order valence-corrected chi connectivity index (χ4v) is 2.32. The van der Waals surface area contributed by atoms with Crippen molar-refractivity contribution in [1.29, 1.82) is 0 Å². The van der Waals surface area contributed by atoms with Crippen LogP contribution in [-0.4, -0.2) is 26.3 Å². The molecule has 0 aliphatic carbocycles. The monoisotopic (exact) mass is 259 g/mol. The highest BCUT2D eigenvalue weighted by molar-refractivity contribution is 5.85. The van der Waals surface area contributed by atoms with Crippen molar-refractivity contribution < 1.29 is 9.13 Å². The number of ether oxygens (including phenoxy) is 1. The fourth-order valence-electron chi connectivity index (χ4n) is 2.32. The summed E-state index contributed by atoms with van der Waals surface area (Å²) in [5, 5.41) is 3.33. The maximum absolute atomic E-state index is 12.8. The molecule has 0 spiro atoms. The molecule has 4 heteroatoms. The van der Waals surface area contributed by atoms with Gasteiger partial charge in [-0.1, -0.05) is 12.1 Å². The average Bonchev–Trinajstić information content (AvgIpc) is 2.33. The molecule has 0 aromatic heterocycles. The van der Waals surface area contributed by atoms with E-state index >= 15 is 0 Å². The minimum atomic E-state index is -0.169. The molecule has 2 rings (SSSR count). The molecule has 0 amide bonds. The van der Waals surface area contributed by atoms with Crippen molar-refractivity contribution in [3.8, 4) is 0 Å². The van der Waals surface area contributed by atoms with Crippen LogP contribution in [0.2, 0.25) is 0 Å². The van der Waals surface area contributed by atoms with Gasteiger partial charge in [0, 0.05) is 13.7 Å². The summed E-state index contributed by atoms with van der Waals surface area (Å²) in [6, 6.07) is 6.78. The van der Waals surface area contributed by atoms with Gasteiger partial charge in [-0.25, -0.2) is 4.39 Å². The van der Waals surface area contributed by atoms with Crippen molar-refractivity contribution in [2.24, 2.45) is 5.92 Å². The lowest BCUT2D eigenvalue weighted by Crippen LogP contribution is -2.42. The Labute approximate surface area is 108 Å². The predicted octanol–water partition coefficient (Wildman–Crippen LogP) is 2.41. The maximum atomic E-state index is 12.8. The second-order valence-corrected chi connectivity index (χ2v) is 4.36. The topological polar surface area (TPSA) is 21.3 Å². The highest BCUT2D eigenvalue weighted by atomic mass is 35.5. The van der Waals surface area contributed by atoms with Crippen molar-refractivity contribution in [3.63, 3.8) is 0 Å². The first-order valence-electron chi connectivity index (χ1n) is 5.77. The summed E-state index contributed by atoms with van der Waals surface area (Å²) in [7, 11) is 1.76. The fraction of sp³-hybridized carbons (Fsp3) is 0.538. The molecule has 96 valence electrons. The van der Waals surface area contributed by atoms with Crippen molar-refractivity contribution in [2.45, 2.75) is 18.9 Å². The molecule has 0 radical (unpaired) electrons. The van der Waals surface area contributed by atoms with Crippen LogP contribution in [0.4, 0.5) is 4.39 Å². The summed E-state index contributed by atoms with van der Waals surface area (Å²) in [6.07, 6.45) is 2.37. The number of benzene rings is 1. The highest BCUT2D eigenvalue weighted by Gasteiger charge is 2.24. The second-order valence-electron chi connectivity index (χ2n) is 4.36. The van der Waals surface area contributed by atoms with E-state index in [0.29, 0.717) is 5.92 Å². The van der Waals surface area contributed by atoms with Crippen LogP contribution in [-0.2, 0) is 11.2 Å². The molecule has 1 aromatic rings. The molecular formula is C13H19ClFNO. The third-order valence-corrected chi connectivity index (χ3v) is 3.28. The third-order valence-electron chi connectivity index (χ3n) is 3.28. The van der Waals surface area contributed by atoms with E-state index in [1.165, 1.54) is 17.7 Å². The molecule has 1 saturated heterocycles. The number of hydrogen-bond donors (Lipinski definition) is 1.